The highest BCUT2D eigenvalue weighted by Gasteiger charge is 2.00. The lowest BCUT2D eigenvalue weighted by Crippen LogP contribution is -2.00. The molecule has 0 radical (unpaired) electrons. The van der Waals surface area contributed by atoms with Gasteiger partial charge in [-0.05, 0) is 12.1 Å². The van der Waals surface area contributed by atoms with Crippen molar-refractivity contribution in [2.45, 2.75) is 12.8 Å². The fourth-order valence-electron chi connectivity index (χ4n) is 1.23. The van der Waals surface area contributed by atoms with E-state index in [-0.39, 0.29) is 12.8 Å². The quantitative estimate of drug-likeness (QED) is 0.867. The van der Waals surface area contributed by atoms with E-state index >= 15 is 0 Å². The molecule has 2 aromatic rings. The number of fused-ring (bicyclic) bond motifs is 1. The van der Waals surface area contributed by atoms with Crippen LogP contribution in [0.3, 0.4) is 0 Å². The first-order valence-corrected chi connectivity index (χ1v) is 5.33. The van der Waals surface area contributed by atoms with Gasteiger partial charge < -0.3 is 10.2 Å². The molecule has 0 fully saturated rings. The Bertz CT molecular complexity index is 460. The van der Waals surface area contributed by atoms with Gasteiger partial charge in [0.2, 0.25) is 0 Å². The monoisotopic (exact) mass is 247 g/mol. The number of benzene rings is 1. The summed E-state index contributed by atoms with van der Waals surface area (Å²) in [6, 6.07) is 12.1. The Hall–Kier alpha value is -2.43. The van der Waals surface area contributed by atoms with E-state index < -0.39 is 11.9 Å². The molecular formula is C13H13NO4. The van der Waals surface area contributed by atoms with Crippen molar-refractivity contribution < 1.29 is 19.8 Å². The highest BCUT2D eigenvalue weighted by atomic mass is 16.4. The van der Waals surface area contributed by atoms with Crippen molar-refractivity contribution in [3.05, 3.63) is 42.6 Å². The van der Waals surface area contributed by atoms with Crippen molar-refractivity contribution in [1.29, 1.82) is 0 Å². The Kier molecular flexibility index (Phi) is 5.31. The van der Waals surface area contributed by atoms with Crippen molar-refractivity contribution in [1.82, 2.24) is 4.98 Å². The molecule has 0 aliphatic rings. The SMILES string of the molecule is O=C(O)CCC(=O)O.c1ccc2ncccc2c1. The van der Waals surface area contributed by atoms with Crippen LogP contribution < -0.4 is 0 Å². The lowest BCUT2D eigenvalue weighted by atomic mass is 10.2. The zero-order valence-corrected chi connectivity index (χ0v) is 9.61. The van der Waals surface area contributed by atoms with Gasteiger partial charge in [0.15, 0.2) is 0 Å². The number of aliphatic carboxylic acids is 2. The summed E-state index contributed by atoms with van der Waals surface area (Å²) in [6.45, 7) is 0. The van der Waals surface area contributed by atoms with Crippen molar-refractivity contribution in [3.8, 4) is 0 Å². The standard InChI is InChI=1S/C9H7N.C4H6O4/c1-2-6-9-8(4-1)5-3-7-10-9;5-3(6)1-2-4(7)8/h1-7H;1-2H2,(H,5,6)(H,7,8). The highest BCUT2D eigenvalue weighted by molar-refractivity contribution is 5.77. The molecule has 5 nitrogen and oxygen atoms in total. The summed E-state index contributed by atoms with van der Waals surface area (Å²) in [5, 5.41) is 17.0. The summed E-state index contributed by atoms with van der Waals surface area (Å²) in [6.07, 6.45) is 1.22. The Morgan fingerprint density at radius 1 is 0.944 bits per heavy atom. The van der Waals surface area contributed by atoms with Gasteiger partial charge in [0.1, 0.15) is 0 Å². The van der Waals surface area contributed by atoms with Crippen molar-refractivity contribution in [2.75, 3.05) is 0 Å². The fourth-order valence-corrected chi connectivity index (χ4v) is 1.23. The van der Waals surface area contributed by atoms with Crippen molar-refractivity contribution in [2.24, 2.45) is 0 Å². The number of hydrogen-bond donors (Lipinski definition) is 2. The Morgan fingerprint density at radius 3 is 2.06 bits per heavy atom. The molecule has 1 aromatic heterocycles. The van der Waals surface area contributed by atoms with E-state index in [0.717, 1.165) is 5.52 Å². The fraction of sp³-hybridized carbons (Fsp3) is 0.154. The second kappa shape index (κ2) is 7.01. The summed E-state index contributed by atoms with van der Waals surface area (Å²) in [4.78, 5) is 23.5. The number of carbonyl (C=O) groups is 2. The molecule has 2 rings (SSSR count). The maximum absolute atomic E-state index is 9.64. The molecule has 1 heterocycles. The van der Waals surface area contributed by atoms with E-state index in [1.54, 1.807) is 0 Å². The van der Waals surface area contributed by atoms with Crippen LogP contribution in [-0.4, -0.2) is 27.1 Å². The van der Waals surface area contributed by atoms with Gasteiger partial charge in [-0.25, -0.2) is 0 Å². The van der Waals surface area contributed by atoms with Crippen LogP contribution in [0, 0.1) is 0 Å². The molecule has 0 saturated carbocycles. The first kappa shape index (κ1) is 13.6. The molecule has 5 heteroatoms. The van der Waals surface area contributed by atoms with E-state index in [4.69, 9.17) is 10.2 Å². The first-order valence-electron chi connectivity index (χ1n) is 5.33. The molecule has 94 valence electrons. The third-order valence-corrected chi connectivity index (χ3v) is 2.06. The smallest absolute Gasteiger partial charge is 0.303 e. The zero-order valence-electron chi connectivity index (χ0n) is 9.61. The Morgan fingerprint density at radius 2 is 1.50 bits per heavy atom. The maximum atomic E-state index is 9.64. The number of para-hydroxylation sites is 1. The van der Waals surface area contributed by atoms with Crippen LogP contribution in [0.25, 0.3) is 10.9 Å². The second-order valence-corrected chi connectivity index (χ2v) is 3.48. The van der Waals surface area contributed by atoms with Crippen LogP contribution in [0.5, 0.6) is 0 Å². The lowest BCUT2D eigenvalue weighted by Gasteiger charge is -1.91. The number of hydrogen-bond acceptors (Lipinski definition) is 3. The molecular weight excluding hydrogens is 234 g/mol. The third kappa shape index (κ3) is 5.07. The van der Waals surface area contributed by atoms with Crippen LogP contribution in [0.4, 0.5) is 0 Å². The highest BCUT2D eigenvalue weighted by Crippen LogP contribution is 2.07. The van der Waals surface area contributed by atoms with Crippen LogP contribution in [0.2, 0.25) is 0 Å². The van der Waals surface area contributed by atoms with Gasteiger partial charge in [0.05, 0.1) is 18.4 Å². The van der Waals surface area contributed by atoms with Gasteiger partial charge in [-0.2, -0.15) is 0 Å². The predicted molar refractivity (Wildman–Crippen MR) is 66.2 cm³/mol. The van der Waals surface area contributed by atoms with Gasteiger partial charge >= 0.3 is 11.9 Å². The Balaban J connectivity index is 0.000000187. The summed E-state index contributed by atoms with van der Waals surface area (Å²) in [5.41, 5.74) is 1.06. The lowest BCUT2D eigenvalue weighted by molar-refractivity contribution is -0.143. The summed E-state index contributed by atoms with van der Waals surface area (Å²) >= 11 is 0. The molecule has 18 heavy (non-hydrogen) atoms. The third-order valence-electron chi connectivity index (χ3n) is 2.06. The van der Waals surface area contributed by atoms with E-state index in [0.29, 0.717) is 0 Å². The summed E-state index contributed by atoms with van der Waals surface area (Å²) in [7, 11) is 0. The van der Waals surface area contributed by atoms with E-state index in [2.05, 4.69) is 17.1 Å². The average molecular weight is 247 g/mol. The molecule has 2 N–H and O–H groups in total. The minimum atomic E-state index is -1.08. The predicted octanol–water partition coefficient (Wildman–Crippen LogP) is 2.17. The number of aromatic nitrogens is 1. The van der Waals surface area contributed by atoms with Gasteiger partial charge in [-0.15, -0.1) is 0 Å². The largest absolute Gasteiger partial charge is 0.481 e. The molecule has 0 saturated heterocycles. The number of carboxylic acids is 2. The minimum absolute atomic E-state index is 0.296. The molecule has 1 aromatic carbocycles. The zero-order chi connectivity index (χ0) is 13.4. The maximum Gasteiger partial charge on any atom is 0.303 e. The van der Waals surface area contributed by atoms with Crippen LogP contribution in [0.1, 0.15) is 12.8 Å². The summed E-state index contributed by atoms with van der Waals surface area (Å²) < 4.78 is 0. The summed E-state index contributed by atoms with van der Waals surface area (Å²) in [5.74, 6) is -2.15. The second-order valence-electron chi connectivity index (χ2n) is 3.48. The van der Waals surface area contributed by atoms with Gasteiger partial charge in [-0.3, -0.25) is 14.6 Å². The number of carboxylic acid groups (broad SMARTS) is 2. The Labute approximate surface area is 104 Å². The molecule has 0 bridgehead atoms. The van der Waals surface area contributed by atoms with Gasteiger partial charge in [-0.1, -0.05) is 24.3 Å². The van der Waals surface area contributed by atoms with E-state index in [9.17, 15) is 9.59 Å². The average Bonchev–Trinajstić information content (AvgIpc) is 2.37. The molecule has 0 unspecified atom stereocenters. The molecule has 0 aliphatic carbocycles. The van der Waals surface area contributed by atoms with Crippen molar-refractivity contribution >= 4 is 22.8 Å². The number of rotatable bonds is 3. The van der Waals surface area contributed by atoms with Gasteiger partial charge in [0, 0.05) is 11.6 Å². The van der Waals surface area contributed by atoms with Crippen molar-refractivity contribution in [3.63, 3.8) is 0 Å². The minimum Gasteiger partial charge on any atom is -0.481 e. The topological polar surface area (TPSA) is 87.5 Å². The van der Waals surface area contributed by atoms with E-state index in [1.807, 2.05) is 30.5 Å². The van der Waals surface area contributed by atoms with Crippen LogP contribution in [-0.2, 0) is 9.59 Å². The molecule has 0 atom stereocenters. The number of pyridine rings is 1. The molecule has 0 amide bonds. The van der Waals surface area contributed by atoms with E-state index in [1.165, 1.54) is 5.39 Å². The van der Waals surface area contributed by atoms with Crippen LogP contribution >= 0.6 is 0 Å². The first-order chi connectivity index (χ1) is 8.59. The normalized spacial score (nSPS) is 9.33. The molecule has 0 aliphatic heterocycles. The number of nitrogens with zero attached hydrogens (tertiary/aromatic N) is 1. The van der Waals surface area contributed by atoms with Crippen LogP contribution in [0.15, 0.2) is 42.6 Å². The molecule has 0 spiro atoms. The van der Waals surface area contributed by atoms with Gasteiger partial charge in [0.25, 0.3) is 0 Å².